The Morgan fingerprint density at radius 3 is 2.65 bits per heavy atom. The molecule has 104 valence electrons. The predicted molar refractivity (Wildman–Crippen MR) is 82.1 cm³/mol. The molecule has 0 saturated carbocycles. The Morgan fingerprint density at radius 2 is 1.95 bits per heavy atom. The van der Waals surface area contributed by atoms with Crippen LogP contribution < -0.4 is 15.8 Å². The van der Waals surface area contributed by atoms with E-state index in [0.717, 1.165) is 22.6 Å². The number of nitrogens with zero attached hydrogens (tertiary/aromatic N) is 1. The van der Waals surface area contributed by atoms with Crippen molar-refractivity contribution in [3.63, 3.8) is 0 Å². The average molecular weight is 269 g/mol. The van der Waals surface area contributed by atoms with Crippen LogP contribution in [0.4, 0.5) is 0 Å². The number of nitrogens with two attached hydrogens (primary N) is 1. The Labute approximate surface area is 119 Å². The molecule has 0 fully saturated rings. The lowest BCUT2D eigenvalue weighted by atomic mass is 10.1. The first-order valence-corrected chi connectivity index (χ1v) is 6.47. The van der Waals surface area contributed by atoms with Gasteiger partial charge < -0.3 is 15.8 Å². The van der Waals surface area contributed by atoms with Crippen molar-refractivity contribution in [1.82, 2.24) is 5.32 Å². The molecular weight excluding hydrogens is 250 g/mol. The number of aryl methyl sites for hydroxylation is 1. The van der Waals surface area contributed by atoms with Crippen molar-refractivity contribution in [2.45, 2.75) is 13.5 Å². The maximum absolute atomic E-state index is 5.94. The van der Waals surface area contributed by atoms with E-state index in [1.165, 1.54) is 0 Å². The van der Waals surface area contributed by atoms with Crippen LogP contribution in [-0.2, 0) is 6.54 Å². The lowest BCUT2D eigenvalue weighted by molar-refractivity contribution is 0.475. The third-order valence-corrected chi connectivity index (χ3v) is 2.89. The molecule has 4 nitrogen and oxygen atoms in total. The van der Waals surface area contributed by atoms with Gasteiger partial charge in [0.1, 0.15) is 11.5 Å². The Balaban J connectivity index is 2.19. The largest absolute Gasteiger partial charge is 0.457 e. The van der Waals surface area contributed by atoms with Crippen LogP contribution in [0.5, 0.6) is 11.5 Å². The van der Waals surface area contributed by atoms with Crippen molar-refractivity contribution in [2.75, 3.05) is 7.05 Å². The first-order valence-electron chi connectivity index (χ1n) is 6.47. The van der Waals surface area contributed by atoms with Gasteiger partial charge in [-0.25, -0.2) is 0 Å². The van der Waals surface area contributed by atoms with Gasteiger partial charge in [-0.3, -0.25) is 4.99 Å². The second kappa shape index (κ2) is 6.61. The van der Waals surface area contributed by atoms with Crippen LogP contribution >= 0.6 is 0 Å². The van der Waals surface area contributed by atoms with Crippen LogP contribution in [0.25, 0.3) is 0 Å². The summed E-state index contributed by atoms with van der Waals surface area (Å²) in [6.45, 7) is 2.61. The summed E-state index contributed by atoms with van der Waals surface area (Å²) in [6, 6.07) is 15.8. The molecule has 3 N–H and O–H groups in total. The highest BCUT2D eigenvalue weighted by Crippen LogP contribution is 2.26. The first kappa shape index (κ1) is 13.9. The molecule has 0 atom stereocenters. The van der Waals surface area contributed by atoms with Crippen molar-refractivity contribution in [2.24, 2.45) is 10.7 Å². The first-order chi connectivity index (χ1) is 9.69. The fourth-order valence-electron chi connectivity index (χ4n) is 1.78. The van der Waals surface area contributed by atoms with Gasteiger partial charge in [0.25, 0.3) is 0 Å². The number of nitrogens with one attached hydrogen (secondary N) is 1. The van der Waals surface area contributed by atoms with E-state index in [9.17, 15) is 0 Å². The van der Waals surface area contributed by atoms with Gasteiger partial charge in [0.2, 0.25) is 0 Å². The third kappa shape index (κ3) is 3.75. The normalized spacial score (nSPS) is 11.2. The number of rotatable bonds is 4. The number of para-hydroxylation sites is 1. The molecule has 2 aromatic carbocycles. The standard InChI is InChI=1S/C16H19N3O/c1-12-8-9-13(11-19-16(17)18-2)15(10-12)20-14-6-4-3-5-7-14/h3-10H,11H2,1-2H3,(H3,17,18,19). The molecule has 0 aromatic heterocycles. The maximum atomic E-state index is 5.94. The molecule has 0 saturated heterocycles. The van der Waals surface area contributed by atoms with Crippen molar-refractivity contribution in [3.05, 3.63) is 59.7 Å². The molecule has 0 amide bonds. The van der Waals surface area contributed by atoms with Crippen molar-refractivity contribution < 1.29 is 4.74 Å². The zero-order chi connectivity index (χ0) is 14.4. The predicted octanol–water partition coefficient (Wildman–Crippen LogP) is 2.82. The molecule has 20 heavy (non-hydrogen) atoms. The summed E-state index contributed by atoms with van der Waals surface area (Å²) >= 11 is 0. The van der Waals surface area contributed by atoms with E-state index in [0.29, 0.717) is 12.5 Å². The Morgan fingerprint density at radius 1 is 1.20 bits per heavy atom. The molecule has 2 aromatic rings. The van der Waals surface area contributed by atoms with E-state index in [4.69, 9.17) is 10.5 Å². The van der Waals surface area contributed by atoms with Gasteiger partial charge >= 0.3 is 0 Å². The fourth-order valence-corrected chi connectivity index (χ4v) is 1.78. The summed E-state index contributed by atoms with van der Waals surface area (Å²) < 4.78 is 5.94. The molecule has 2 rings (SSSR count). The van der Waals surface area contributed by atoms with Crippen LogP contribution in [0.2, 0.25) is 0 Å². The quantitative estimate of drug-likeness (QED) is 0.663. The van der Waals surface area contributed by atoms with Crippen molar-refractivity contribution in [3.8, 4) is 11.5 Å². The monoisotopic (exact) mass is 269 g/mol. The number of ether oxygens (including phenoxy) is 1. The topological polar surface area (TPSA) is 59.6 Å². The van der Waals surface area contributed by atoms with Gasteiger partial charge in [0.15, 0.2) is 5.96 Å². The summed E-state index contributed by atoms with van der Waals surface area (Å²) in [4.78, 5) is 3.88. The van der Waals surface area contributed by atoms with E-state index in [2.05, 4.69) is 10.3 Å². The van der Waals surface area contributed by atoms with Gasteiger partial charge in [-0.15, -0.1) is 0 Å². The second-order valence-corrected chi connectivity index (χ2v) is 4.49. The van der Waals surface area contributed by atoms with Crippen LogP contribution in [0.1, 0.15) is 11.1 Å². The fraction of sp³-hybridized carbons (Fsp3) is 0.188. The van der Waals surface area contributed by atoms with Gasteiger partial charge in [-0.2, -0.15) is 0 Å². The molecule has 0 spiro atoms. The zero-order valence-corrected chi connectivity index (χ0v) is 11.8. The summed E-state index contributed by atoms with van der Waals surface area (Å²) in [6.07, 6.45) is 0. The molecule has 0 unspecified atom stereocenters. The number of hydrogen-bond acceptors (Lipinski definition) is 2. The Bertz CT molecular complexity index is 594. The summed E-state index contributed by atoms with van der Waals surface area (Å²) in [5.74, 6) is 2.06. The van der Waals surface area contributed by atoms with E-state index >= 15 is 0 Å². The van der Waals surface area contributed by atoms with Crippen LogP contribution in [0.3, 0.4) is 0 Å². The minimum absolute atomic E-state index is 0.413. The van der Waals surface area contributed by atoms with E-state index < -0.39 is 0 Å². The zero-order valence-electron chi connectivity index (χ0n) is 11.8. The molecule has 0 aliphatic rings. The van der Waals surface area contributed by atoms with Gasteiger partial charge in [-0.05, 0) is 30.7 Å². The highest BCUT2D eigenvalue weighted by Gasteiger charge is 2.06. The van der Waals surface area contributed by atoms with E-state index in [1.54, 1.807) is 7.05 Å². The second-order valence-electron chi connectivity index (χ2n) is 4.49. The molecule has 0 radical (unpaired) electrons. The molecule has 0 aliphatic heterocycles. The minimum atomic E-state index is 0.413. The number of hydrogen-bond donors (Lipinski definition) is 2. The highest BCUT2D eigenvalue weighted by atomic mass is 16.5. The van der Waals surface area contributed by atoms with Gasteiger partial charge in [0, 0.05) is 19.2 Å². The number of aliphatic imine (C=N–C) groups is 1. The molecule has 4 heteroatoms. The molecule has 0 heterocycles. The molecule has 0 aliphatic carbocycles. The van der Waals surface area contributed by atoms with Crippen LogP contribution in [0, 0.1) is 6.92 Å². The lowest BCUT2D eigenvalue weighted by Crippen LogP contribution is -2.30. The highest BCUT2D eigenvalue weighted by molar-refractivity contribution is 5.77. The summed E-state index contributed by atoms with van der Waals surface area (Å²) in [7, 11) is 1.65. The molecular formula is C16H19N3O. The Hall–Kier alpha value is -2.49. The van der Waals surface area contributed by atoms with Crippen LogP contribution in [0.15, 0.2) is 53.5 Å². The number of guanidine groups is 1. The molecule has 0 bridgehead atoms. The van der Waals surface area contributed by atoms with E-state index in [1.807, 2.05) is 55.5 Å². The van der Waals surface area contributed by atoms with Gasteiger partial charge in [0.05, 0.1) is 0 Å². The summed E-state index contributed by atoms with van der Waals surface area (Å²) in [5, 5.41) is 3.04. The van der Waals surface area contributed by atoms with E-state index in [-0.39, 0.29) is 0 Å². The van der Waals surface area contributed by atoms with Crippen molar-refractivity contribution >= 4 is 5.96 Å². The van der Waals surface area contributed by atoms with Gasteiger partial charge in [-0.1, -0.05) is 30.3 Å². The Kier molecular flexibility index (Phi) is 4.60. The minimum Gasteiger partial charge on any atom is -0.457 e. The lowest BCUT2D eigenvalue weighted by Gasteiger charge is -2.13. The maximum Gasteiger partial charge on any atom is 0.188 e. The number of benzene rings is 2. The van der Waals surface area contributed by atoms with Crippen molar-refractivity contribution in [1.29, 1.82) is 0 Å². The SMILES string of the molecule is CN=C(N)NCc1ccc(C)cc1Oc1ccccc1. The average Bonchev–Trinajstić information content (AvgIpc) is 2.47. The summed E-state index contributed by atoms with van der Waals surface area (Å²) in [5.41, 5.74) is 7.83. The van der Waals surface area contributed by atoms with Crippen LogP contribution in [-0.4, -0.2) is 13.0 Å². The third-order valence-electron chi connectivity index (χ3n) is 2.89. The smallest absolute Gasteiger partial charge is 0.188 e.